The minimum Gasteiger partial charge on any atom is -0.373 e. The molecule has 2 rings (SSSR count). The second-order valence-electron chi connectivity index (χ2n) is 4.43. The minimum atomic E-state index is -4.42. The van der Waals surface area contributed by atoms with E-state index in [2.05, 4.69) is 10.4 Å². The first-order valence-corrected chi connectivity index (χ1v) is 6.31. The molecular weight excluding hydrogens is 267 g/mol. The Morgan fingerprint density at radius 2 is 2.33 bits per heavy atom. The van der Waals surface area contributed by atoms with Gasteiger partial charge in [0.2, 0.25) is 0 Å². The van der Waals surface area contributed by atoms with Crippen LogP contribution in [-0.4, -0.2) is 17.2 Å². The molecule has 4 nitrogen and oxygen atoms in total. The molecule has 0 radical (unpaired) electrons. The molecular formula is C10H14F3N3OS. The lowest BCUT2D eigenvalue weighted by Crippen LogP contribution is -2.43. The molecule has 2 heterocycles. The van der Waals surface area contributed by atoms with E-state index in [1.165, 1.54) is 6.20 Å². The fourth-order valence-corrected chi connectivity index (χ4v) is 3.12. The van der Waals surface area contributed by atoms with E-state index in [0.717, 1.165) is 12.8 Å². The molecule has 3 N–H and O–H groups in total. The highest BCUT2D eigenvalue weighted by Crippen LogP contribution is 2.41. The molecule has 1 fully saturated rings. The Balaban J connectivity index is 2.25. The number of halogens is 3. The van der Waals surface area contributed by atoms with Crippen molar-refractivity contribution in [1.82, 2.24) is 10.4 Å². The van der Waals surface area contributed by atoms with Crippen molar-refractivity contribution < 1.29 is 17.9 Å². The molecule has 102 valence electrons. The van der Waals surface area contributed by atoms with Crippen LogP contribution in [0.25, 0.3) is 0 Å². The lowest BCUT2D eigenvalue weighted by atomic mass is 9.93. The Hall–Kier alpha value is -0.700. The van der Waals surface area contributed by atoms with Gasteiger partial charge in [-0.1, -0.05) is 0 Å². The van der Waals surface area contributed by atoms with E-state index in [0.29, 0.717) is 22.8 Å². The van der Waals surface area contributed by atoms with Crippen molar-refractivity contribution in [3.63, 3.8) is 0 Å². The summed E-state index contributed by atoms with van der Waals surface area (Å²) in [5, 5.41) is -0.862. The molecule has 0 spiro atoms. The van der Waals surface area contributed by atoms with E-state index < -0.39 is 22.8 Å². The Bertz CT molecular complexity index is 415. The Labute approximate surface area is 106 Å². The molecule has 0 amide bonds. The first-order valence-electron chi connectivity index (χ1n) is 5.50. The van der Waals surface area contributed by atoms with Crippen LogP contribution in [0.3, 0.4) is 0 Å². The lowest BCUT2D eigenvalue weighted by molar-refractivity contribution is -0.137. The van der Waals surface area contributed by atoms with Gasteiger partial charge in [-0.05, 0) is 19.8 Å². The molecule has 1 aliphatic rings. The summed E-state index contributed by atoms with van der Waals surface area (Å²) in [5.74, 6) is 5.46. The molecule has 0 saturated carbocycles. The maximum absolute atomic E-state index is 12.5. The van der Waals surface area contributed by atoms with Crippen LogP contribution in [0.15, 0.2) is 6.20 Å². The molecule has 0 aliphatic carbocycles. The number of hydrogen-bond donors (Lipinski definition) is 2. The van der Waals surface area contributed by atoms with Gasteiger partial charge in [0.05, 0.1) is 11.6 Å². The van der Waals surface area contributed by atoms with E-state index in [1.807, 2.05) is 6.92 Å². The fourth-order valence-electron chi connectivity index (χ4n) is 2.14. The average molecular weight is 281 g/mol. The molecule has 0 aromatic carbocycles. The SMILES string of the molecule is CC1(C(NN)c2cnc(C(F)(F)F)s2)CCCO1. The highest BCUT2D eigenvalue weighted by molar-refractivity contribution is 7.11. The van der Waals surface area contributed by atoms with Crippen molar-refractivity contribution in [2.45, 2.75) is 37.6 Å². The topological polar surface area (TPSA) is 60.2 Å². The Morgan fingerprint density at radius 1 is 1.61 bits per heavy atom. The van der Waals surface area contributed by atoms with Gasteiger partial charge in [0.25, 0.3) is 0 Å². The lowest BCUT2D eigenvalue weighted by Gasteiger charge is -2.31. The monoisotopic (exact) mass is 281 g/mol. The first-order chi connectivity index (χ1) is 8.37. The number of ether oxygens (including phenoxy) is 1. The molecule has 1 aliphatic heterocycles. The zero-order valence-electron chi connectivity index (χ0n) is 9.75. The standard InChI is InChI=1S/C10H14F3N3OS/c1-9(3-2-4-17-9)7(16-14)6-5-15-8(18-6)10(11,12)13/h5,7,16H,2-4,14H2,1H3. The molecule has 2 atom stereocenters. The van der Waals surface area contributed by atoms with Gasteiger partial charge in [0.1, 0.15) is 0 Å². The maximum atomic E-state index is 12.5. The van der Waals surface area contributed by atoms with E-state index >= 15 is 0 Å². The Kier molecular flexibility index (Phi) is 3.63. The molecule has 18 heavy (non-hydrogen) atoms. The summed E-state index contributed by atoms with van der Waals surface area (Å²) in [6, 6.07) is -0.478. The number of nitrogens with two attached hydrogens (primary N) is 1. The summed E-state index contributed by atoms with van der Waals surface area (Å²) in [6.45, 7) is 2.44. The third-order valence-corrected chi connectivity index (χ3v) is 4.18. The molecule has 8 heteroatoms. The third-order valence-electron chi connectivity index (χ3n) is 3.08. The van der Waals surface area contributed by atoms with Gasteiger partial charge >= 0.3 is 6.18 Å². The number of thiazole rings is 1. The fraction of sp³-hybridized carbons (Fsp3) is 0.700. The van der Waals surface area contributed by atoms with Gasteiger partial charge in [0, 0.05) is 17.7 Å². The first kappa shape index (κ1) is 13.7. The van der Waals surface area contributed by atoms with Crippen molar-refractivity contribution in [3.8, 4) is 0 Å². The highest BCUT2D eigenvalue weighted by atomic mass is 32.1. The summed E-state index contributed by atoms with van der Waals surface area (Å²) in [6.07, 6.45) is -1.58. The number of hydrazine groups is 1. The number of aromatic nitrogens is 1. The number of rotatable bonds is 3. The predicted octanol–water partition coefficient (Wildman–Crippen LogP) is 2.24. The van der Waals surface area contributed by atoms with E-state index in [9.17, 15) is 13.2 Å². The van der Waals surface area contributed by atoms with Crippen LogP contribution in [0.1, 0.15) is 35.7 Å². The van der Waals surface area contributed by atoms with Crippen LogP contribution in [0, 0.1) is 0 Å². The summed E-state index contributed by atoms with van der Waals surface area (Å²) >= 11 is 0.599. The van der Waals surface area contributed by atoms with Gasteiger partial charge < -0.3 is 4.74 Å². The predicted molar refractivity (Wildman–Crippen MR) is 60.8 cm³/mol. The van der Waals surface area contributed by atoms with Crippen LogP contribution in [-0.2, 0) is 10.9 Å². The number of hydrogen-bond acceptors (Lipinski definition) is 5. The van der Waals surface area contributed by atoms with Crippen molar-refractivity contribution in [3.05, 3.63) is 16.1 Å². The summed E-state index contributed by atoms with van der Waals surface area (Å²) < 4.78 is 43.1. The van der Waals surface area contributed by atoms with Gasteiger partial charge in [-0.2, -0.15) is 13.2 Å². The van der Waals surface area contributed by atoms with Gasteiger partial charge in [-0.25, -0.2) is 10.4 Å². The summed E-state index contributed by atoms with van der Waals surface area (Å²) in [4.78, 5) is 3.84. The van der Waals surface area contributed by atoms with Crippen molar-refractivity contribution >= 4 is 11.3 Å². The van der Waals surface area contributed by atoms with Crippen LogP contribution in [0.5, 0.6) is 0 Å². The van der Waals surface area contributed by atoms with Crippen molar-refractivity contribution in [2.24, 2.45) is 5.84 Å². The van der Waals surface area contributed by atoms with Crippen LogP contribution in [0.4, 0.5) is 13.2 Å². The Morgan fingerprint density at radius 3 is 2.78 bits per heavy atom. The molecule has 1 aromatic rings. The second kappa shape index (κ2) is 4.76. The van der Waals surface area contributed by atoms with Gasteiger partial charge in [-0.3, -0.25) is 5.84 Å². The molecule has 2 unspecified atom stereocenters. The molecule has 0 bridgehead atoms. The zero-order chi connectivity index (χ0) is 13.4. The number of alkyl halides is 3. The van der Waals surface area contributed by atoms with Crippen LogP contribution < -0.4 is 11.3 Å². The summed E-state index contributed by atoms with van der Waals surface area (Å²) in [5.41, 5.74) is 1.96. The van der Waals surface area contributed by atoms with Crippen molar-refractivity contribution in [1.29, 1.82) is 0 Å². The van der Waals surface area contributed by atoms with Crippen LogP contribution >= 0.6 is 11.3 Å². The zero-order valence-corrected chi connectivity index (χ0v) is 10.6. The van der Waals surface area contributed by atoms with E-state index in [1.54, 1.807) is 0 Å². The molecule has 1 saturated heterocycles. The van der Waals surface area contributed by atoms with E-state index in [-0.39, 0.29) is 0 Å². The normalized spacial score (nSPS) is 26.5. The number of nitrogens with zero attached hydrogens (tertiary/aromatic N) is 1. The maximum Gasteiger partial charge on any atom is 0.443 e. The smallest absolute Gasteiger partial charge is 0.373 e. The van der Waals surface area contributed by atoms with E-state index in [4.69, 9.17) is 10.6 Å². The molecule has 1 aromatic heterocycles. The minimum absolute atomic E-state index is 0.439. The average Bonchev–Trinajstić information content (AvgIpc) is 2.88. The van der Waals surface area contributed by atoms with Crippen molar-refractivity contribution in [2.75, 3.05) is 6.61 Å². The number of nitrogens with one attached hydrogen (secondary N) is 1. The quantitative estimate of drug-likeness (QED) is 0.659. The third kappa shape index (κ3) is 2.51. The van der Waals surface area contributed by atoms with Gasteiger partial charge in [-0.15, -0.1) is 11.3 Å². The largest absolute Gasteiger partial charge is 0.443 e. The van der Waals surface area contributed by atoms with Crippen LogP contribution in [0.2, 0.25) is 0 Å². The second-order valence-corrected chi connectivity index (χ2v) is 5.49. The van der Waals surface area contributed by atoms with Gasteiger partial charge in [0.15, 0.2) is 5.01 Å². The summed E-state index contributed by atoms with van der Waals surface area (Å²) in [7, 11) is 0. The highest BCUT2D eigenvalue weighted by Gasteiger charge is 2.42.